The normalized spacial score (nSPS) is 13.0. The Morgan fingerprint density at radius 2 is 2.22 bits per heavy atom. The van der Waals surface area contributed by atoms with Gasteiger partial charge in [0, 0.05) is 12.0 Å². The summed E-state index contributed by atoms with van der Waals surface area (Å²) in [6, 6.07) is 7.99. The van der Waals surface area contributed by atoms with Gasteiger partial charge in [-0.3, -0.25) is 4.68 Å². The van der Waals surface area contributed by atoms with Gasteiger partial charge < -0.3 is 9.84 Å². The van der Waals surface area contributed by atoms with Crippen molar-refractivity contribution in [3.8, 4) is 0 Å². The highest BCUT2D eigenvalue weighted by Crippen LogP contribution is 2.12. The Kier molecular flexibility index (Phi) is 4.73. The van der Waals surface area contributed by atoms with Gasteiger partial charge in [-0.1, -0.05) is 31.5 Å². The zero-order chi connectivity index (χ0) is 12.8. The molecule has 2 rings (SSSR count). The number of hydrogen-bond donors (Lipinski definition) is 1. The summed E-state index contributed by atoms with van der Waals surface area (Å²) in [5.41, 5.74) is 1.05. The quantitative estimate of drug-likeness (QED) is 0.764. The van der Waals surface area contributed by atoms with E-state index >= 15 is 0 Å². The van der Waals surface area contributed by atoms with Gasteiger partial charge >= 0.3 is 0 Å². The molecule has 18 heavy (non-hydrogen) atoms. The lowest BCUT2D eigenvalue weighted by atomic mass is 10.2. The molecule has 0 spiro atoms. The number of aliphatic hydroxyl groups excluding tert-OH is 1. The predicted octanol–water partition coefficient (Wildman–Crippen LogP) is 2.21. The molecule has 0 saturated carbocycles. The lowest BCUT2D eigenvalue weighted by Crippen LogP contribution is -2.22. The van der Waals surface area contributed by atoms with Gasteiger partial charge in [0.05, 0.1) is 31.0 Å². The molecule has 1 N–H and O–H groups in total. The Hall–Kier alpha value is -1.39. The van der Waals surface area contributed by atoms with E-state index < -0.39 is 6.10 Å². The van der Waals surface area contributed by atoms with E-state index in [2.05, 4.69) is 12.0 Å². The molecule has 0 aliphatic carbocycles. The van der Waals surface area contributed by atoms with E-state index in [-0.39, 0.29) is 0 Å². The van der Waals surface area contributed by atoms with Gasteiger partial charge in [-0.15, -0.1) is 0 Å². The number of rotatable bonds is 7. The standard InChI is InChI=1S/C14H20N2O2/c1-2-3-8-18-11-13(17)10-16-14-7-5-4-6-12(14)9-15-16/h4-7,9,13,17H,2-3,8,10-11H2,1H3. The average molecular weight is 248 g/mol. The van der Waals surface area contributed by atoms with Gasteiger partial charge in [0.15, 0.2) is 0 Å². The molecule has 1 heterocycles. The third-order valence-corrected chi connectivity index (χ3v) is 2.89. The van der Waals surface area contributed by atoms with Crippen molar-refractivity contribution in [3.63, 3.8) is 0 Å². The van der Waals surface area contributed by atoms with Gasteiger partial charge in [0.1, 0.15) is 0 Å². The van der Waals surface area contributed by atoms with Crippen LogP contribution in [0.2, 0.25) is 0 Å². The van der Waals surface area contributed by atoms with Crippen LogP contribution in [0.4, 0.5) is 0 Å². The monoisotopic (exact) mass is 248 g/mol. The van der Waals surface area contributed by atoms with Crippen LogP contribution in [-0.2, 0) is 11.3 Å². The van der Waals surface area contributed by atoms with Crippen LogP contribution in [0.5, 0.6) is 0 Å². The fourth-order valence-electron chi connectivity index (χ4n) is 1.89. The van der Waals surface area contributed by atoms with E-state index in [0.29, 0.717) is 19.8 Å². The Labute approximate surface area is 107 Å². The summed E-state index contributed by atoms with van der Waals surface area (Å²) in [6.07, 6.45) is 3.46. The first-order chi connectivity index (χ1) is 8.81. The lowest BCUT2D eigenvalue weighted by Gasteiger charge is -2.12. The molecule has 1 unspecified atom stereocenters. The highest BCUT2D eigenvalue weighted by atomic mass is 16.5. The van der Waals surface area contributed by atoms with Crippen molar-refractivity contribution in [3.05, 3.63) is 30.5 Å². The molecule has 98 valence electrons. The Morgan fingerprint density at radius 3 is 3.06 bits per heavy atom. The van der Waals surface area contributed by atoms with E-state index in [9.17, 15) is 5.11 Å². The molecule has 4 heteroatoms. The molecule has 0 radical (unpaired) electrons. The molecule has 0 saturated heterocycles. The van der Waals surface area contributed by atoms with E-state index in [0.717, 1.165) is 23.7 Å². The lowest BCUT2D eigenvalue weighted by molar-refractivity contribution is 0.0260. The van der Waals surface area contributed by atoms with Gasteiger partial charge in [0.2, 0.25) is 0 Å². The van der Waals surface area contributed by atoms with Crippen LogP contribution < -0.4 is 0 Å². The maximum Gasteiger partial charge on any atom is 0.0969 e. The highest BCUT2D eigenvalue weighted by molar-refractivity contribution is 5.78. The van der Waals surface area contributed by atoms with Gasteiger partial charge in [-0.25, -0.2) is 0 Å². The number of hydrogen-bond acceptors (Lipinski definition) is 3. The first kappa shape index (κ1) is 13.1. The molecule has 4 nitrogen and oxygen atoms in total. The van der Waals surface area contributed by atoms with Crippen LogP contribution in [0, 0.1) is 0 Å². The molecule has 0 bridgehead atoms. The van der Waals surface area contributed by atoms with E-state index in [1.165, 1.54) is 0 Å². The average Bonchev–Trinajstić information content (AvgIpc) is 2.78. The Balaban J connectivity index is 1.88. The van der Waals surface area contributed by atoms with Gasteiger partial charge in [-0.05, 0) is 12.5 Å². The third-order valence-electron chi connectivity index (χ3n) is 2.89. The van der Waals surface area contributed by atoms with Crippen LogP contribution in [0.1, 0.15) is 19.8 Å². The number of benzene rings is 1. The summed E-state index contributed by atoms with van der Waals surface area (Å²) in [7, 11) is 0. The fourth-order valence-corrected chi connectivity index (χ4v) is 1.89. The van der Waals surface area contributed by atoms with Crippen LogP contribution in [-0.4, -0.2) is 34.2 Å². The van der Waals surface area contributed by atoms with Crippen molar-refractivity contribution in [2.45, 2.75) is 32.4 Å². The first-order valence-electron chi connectivity index (χ1n) is 6.47. The van der Waals surface area contributed by atoms with E-state index in [4.69, 9.17) is 4.74 Å². The number of nitrogens with zero attached hydrogens (tertiary/aromatic N) is 2. The fraction of sp³-hybridized carbons (Fsp3) is 0.500. The minimum Gasteiger partial charge on any atom is -0.389 e. The van der Waals surface area contributed by atoms with E-state index in [1.54, 1.807) is 0 Å². The summed E-state index contributed by atoms with van der Waals surface area (Å²) < 4.78 is 7.23. The maximum absolute atomic E-state index is 9.89. The van der Waals surface area contributed by atoms with Crippen LogP contribution in [0.25, 0.3) is 10.9 Å². The molecule has 1 aromatic carbocycles. The molecule has 1 atom stereocenters. The Bertz CT molecular complexity index is 481. The molecule has 0 amide bonds. The van der Waals surface area contributed by atoms with Crippen LogP contribution in [0.15, 0.2) is 30.5 Å². The number of aliphatic hydroxyl groups is 1. The van der Waals surface area contributed by atoms with Crippen molar-refractivity contribution in [1.82, 2.24) is 9.78 Å². The number of para-hydroxylation sites is 1. The second-order valence-corrected chi connectivity index (χ2v) is 4.47. The third kappa shape index (κ3) is 3.31. The second kappa shape index (κ2) is 6.52. The molecule has 1 aromatic heterocycles. The smallest absolute Gasteiger partial charge is 0.0969 e. The number of aromatic nitrogens is 2. The summed E-state index contributed by atoms with van der Waals surface area (Å²) in [5.74, 6) is 0. The van der Waals surface area contributed by atoms with Crippen LogP contribution >= 0.6 is 0 Å². The summed E-state index contributed by atoms with van der Waals surface area (Å²) in [6.45, 7) is 3.68. The molecule has 0 fully saturated rings. The van der Waals surface area contributed by atoms with Gasteiger partial charge in [-0.2, -0.15) is 5.10 Å². The molecule has 2 aromatic rings. The maximum atomic E-state index is 9.89. The minimum atomic E-state index is -0.509. The van der Waals surface area contributed by atoms with Crippen molar-refractivity contribution in [1.29, 1.82) is 0 Å². The number of fused-ring (bicyclic) bond motifs is 1. The van der Waals surface area contributed by atoms with Crippen molar-refractivity contribution in [2.24, 2.45) is 0 Å². The topological polar surface area (TPSA) is 47.3 Å². The molecular weight excluding hydrogens is 228 g/mol. The summed E-state index contributed by atoms with van der Waals surface area (Å²) in [5, 5.41) is 15.3. The molecule has 0 aliphatic rings. The highest BCUT2D eigenvalue weighted by Gasteiger charge is 2.08. The number of ether oxygens (including phenoxy) is 1. The molecular formula is C14H20N2O2. The SMILES string of the molecule is CCCCOCC(O)Cn1ncc2ccccc21. The van der Waals surface area contributed by atoms with E-state index in [1.807, 2.05) is 35.1 Å². The number of unbranched alkanes of at least 4 members (excludes halogenated alkanes) is 1. The molecule has 0 aliphatic heterocycles. The zero-order valence-electron chi connectivity index (χ0n) is 10.7. The first-order valence-corrected chi connectivity index (χ1v) is 6.47. The van der Waals surface area contributed by atoms with Crippen molar-refractivity contribution in [2.75, 3.05) is 13.2 Å². The Morgan fingerprint density at radius 1 is 1.39 bits per heavy atom. The van der Waals surface area contributed by atoms with Crippen molar-refractivity contribution < 1.29 is 9.84 Å². The minimum absolute atomic E-state index is 0.369. The largest absolute Gasteiger partial charge is 0.389 e. The second-order valence-electron chi connectivity index (χ2n) is 4.47. The zero-order valence-corrected chi connectivity index (χ0v) is 10.7. The van der Waals surface area contributed by atoms with Gasteiger partial charge in [0.25, 0.3) is 0 Å². The van der Waals surface area contributed by atoms with Crippen LogP contribution in [0.3, 0.4) is 0 Å². The summed E-state index contributed by atoms with van der Waals surface area (Å²) in [4.78, 5) is 0. The summed E-state index contributed by atoms with van der Waals surface area (Å²) >= 11 is 0. The van der Waals surface area contributed by atoms with Crippen molar-refractivity contribution >= 4 is 10.9 Å². The predicted molar refractivity (Wildman–Crippen MR) is 71.5 cm³/mol.